The fourth-order valence-corrected chi connectivity index (χ4v) is 4.09. The Labute approximate surface area is 173 Å². The lowest BCUT2D eigenvalue weighted by Gasteiger charge is -2.17. The van der Waals surface area contributed by atoms with E-state index in [0.717, 1.165) is 12.1 Å². The van der Waals surface area contributed by atoms with Crippen molar-refractivity contribution in [2.75, 3.05) is 18.6 Å². The minimum Gasteiger partial charge on any atom is -0.357 e. The van der Waals surface area contributed by atoms with Crippen molar-refractivity contribution in [1.82, 2.24) is 10.6 Å². The Balaban J connectivity index is 1.92. The first kappa shape index (κ1) is 22.3. The summed E-state index contributed by atoms with van der Waals surface area (Å²) in [5.41, 5.74) is 1.12. The molecule has 0 saturated carbocycles. The number of nitrogens with zero attached hydrogens (tertiary/aromatic N) is 1. The van der Waals surface area contributed by atoms with Crippen LogP contribution in [0.3, 0.4) is 0 Å². The van der Waals surface area contributed by atoms with Crippen molar-refractivity contribution in [3.63, 3.8) is 0 Å². The minimum absolute atomic E-state index is 0.0252. The van der Waals surface area contributed by atoms with Gasteiger partial charge in [0.25, 0.3) is 0 Å². The van der Waals surface area contributed by atoms with Gasteiger partial charge in [-0.05, 0) is 50.1 Å². The van der Waals surface area contributed by atoms with Gasteiger partial charge in [-0.25, -0.2) is 13.4 Å². The van der Waals surface area contributed by atoms with Gasteiger partial charge in [0.15, 0.2) is 5.96 Å². The maximum Gasteiger partial charge on any atom is 0.191 e. The lowest BCUT2D eigenvalue weighted by atomic mass is 10.2. The van der Waals surface area contributed by atoms with E-state index in [0.29, 0.717) is 18.9 Å². The Morgan fingerprint density at radius 3 is 2.32 bits per heavy atom. The molecule has 28 heavy (non-hydrogen) atoms. The van der Waals surface area contributed by atoms with Crippen LogP contribution in [-0.2, 0) is 16.4 Å². The standard InChI is InChI=1S/C21H29N3O2S2/c1-4-22-21(24-17(2)14-15-28(3,25)26)23-16-18-10-12-20(13-11-18)27-19-8-6-5-7-9-19/h5-13,17H,4,14-16H2,1-3H3,(H2,22,23,24). The smallest absolute Gasteiger partial charge is 0.191 e. The molecular weight excluding hydrogens is 390 g/mol. The predicted molar refractivity (Wildman–Crippen MR) is 119 cm³/mol. The van der Waals surface area contributed by atoms with Gasteiger partial charge in [-0.3, -0.25) is 0 Å². The SMILES string of the molecule is CCNC(=NCc1ccc(Sc2ccccc2)cc1)NC(C)CCS(C)(=O)=O. The van der Waals surface area contributed by atoms with Gasteiger partial charge in [0, 0.05) is 28.6 Å². The summed E-state index contributed by atoms with van der Waals surface area (Å²) in [6.45, 7) is 5.28. The second-order valence-electron chi connectivity index (χ2n) is 6.72. The molecule has 0 amide bonds. The molecule has 2 N–H and O–H groups in total. The van der Waals surface area contributed by atoms with E-state index in [1.54, 1.807) is 11.8 Å². The van der Waals surface area contributed by atoms with Gasteiger partial charge in [0.05, 0.1) is 12.3 Å². The zero-order valence-corrected chi connectivity index (χ0v) is 18.3. The van der Waals surface area contributed by atoms with Gasteiger partial charge in [-0.2, -0.15) is 0 Å². The molecule has 2 aromatic rings. The highest BCUT2D eigenvalue weighted by molar-refractivity contribution is 7.99. The molecule has 5 nitrogen and oxygen atoms in total. The molecule has 0 saturated heterocycles. The third-order valence-corrected chi connectivity index (χ3v) is 5.96. The summed E-state index contributed by atoms with van der Waals surface area (Å²) in [5.74, 6) is 0.868. The number of hydrogen-bond acceptors (Lipinski definition) is 4. The Bertz CT molecular complexity index is 851. The fraction of sp³-hybridized carbons (Fsp3) is 0.381. The predicted octanol–water partition coefficient (Wildman–Crippen LogP) is 3.72. The number of guanidine groups is 1. The first-order chi connectivity index (χ1) is 13.4. The molecular formula is C21H29N3O2S2. The van der Waals surface area contributed by atoms with E-state index in [9.17, 15) is 8.42 Å². The Morgan fingerprint density at radius 2 is 1.71 bits per heavy atom. The van der Waals surface area contributed by atoms with E-state index in [2.05, 4.69) is 52.0 Å². The summed E-state index contributed by atoms with van der Waals surface area (Å²) < 4.78 is 22.7. The van der Waals surface area contributed by atoms with E-state index in [4.69, 9.17) is 0 Å². The summed E-state index contributed by atoms with van der Waals surface area (Å²) in [6.07, 6.45) is 1.81. The van der Waals surface area contributed by atoms with Crippen LogP contribution in [0.1, 0.15) is 25.8 Å². The molecule has 152 valence electrons. The van der Waals surface area contributed by atoms with E-state index < -0.39 is 9.84 Å². The highest BCUT2D eigenvalue weighted by atomic mass is 32.2. The molecule has 0 fully saturated rings. The quantitative estimate of drug-likeness (QED) is 0.479. The maximum absolute atomic E-state index is 11.3. The van der Waals surface area contributed by atoms with Crippen LogP contribution in [0.2, 0.25) is 0 Å². The van der Waals surface area contributed by atoms with Gasteiger partial charge >= 0.3 is 0 Å². The second-order valence-corrected chi connectivity index (χ2v) is 10.1. The largest absolute Gasteiger partial charge is 0.357 e. The number of sulfone groups is 1. The lowest BCUT2D eigenvalue weighted by Crippen LogP contribution is -2.42. The Morgan fingerprint density at radius 1 is 1.07 bits per heavy atom. The van der Waals surface area contributed by atoms with Crippen LogP contribution >= 0.6 is 11.8 Å². The lowest BCUT2D eigenvalue weighted by molar-refractivity contribution is 0.581. The number of hydrogen-bond donors (Lipinski definition) is 2. The van der Waals surface area contributed by atoms with Crippen molar-refractivity contribution >= 4 is 27.6 Å². The summed E-state index contributed by atoms with van der Waals surface area (Å²) in [6, 6.07) is 18.7. The monoisotopic (exact) mass is 419 g/mol. The second kappa shape index (κ2) is 11.1. The first-order valence-corrected chi connectivity index (χ1v) is 12.3. The van der Waals surface area contributed by atoms with Crippen molar-refractivity contribution in [2.45, 2.75) is 42.6 Å². The van der Waals surface area contributed by atoms with Crippen LogP contribution in [0.4, 0.5) is 0 Å². The molecule has 0 heterocycles. The van der Waals surface area contributed by atoms with Crippen LogP contribution in [0, 0.1) is 0 Å². The van der Waals surface area contributed by atoms with E-state index in [1.807, 2.05) is 32.0 Å². The molecule has 2 aromatic carbocycles. The van der Waals surface area contributed by atoms with Crippen LogP contribution in [0.5, 0.6) is 0 Å². The third-order valence-electron chi connectivity index (χ3n) is 3.97. The Hall–Kier alpha value is -1.99. The Kier molecular flexibility index (Phi) is 8.86. The van der Waals surface area contributed by atoms with Crippen molar-refractivity contribution in [1.29, 1.82) is 0 Å². The van der Waals surface area contributed by atoms with Gasteiger partial charge in [0.1, 0.15) is 9.84 Å². The number of benzene rings is 2. The highest BCUT2D eigenvalue weighted by Gasteiger charge is 2.09. The molecule has 7 heteroatoms. The molecule has 0 aliphatic rings. The highest BCUT2D eigenvalue weighted by Crippen LogP contribution is 2.27. The summed E-state index contributed by atoms with van der Waals surface area (Å²) in [7, 11) is -2.95. The average molecular weight is 420 g/mol. The summed E-state index contributed by atoms with van der Waals surface area (Å²) in [4.78, 5) is 7.03. The van der Waals surface area contributed by atoms with E-state index >= 15 is 0 Å². The molecule has 0 bridgehead atoms. The first-order valence-electron chi connectivity index (χ1n) is 9.40. The maximum atomic E-state index is 11.3. The third kappa shape index (κ3) is 8.80. The van der Waals surface area contributed by atoms with Crippen LogP contribution in [0.15, 0.2) is 69.4 Å². The molecule has 0 radical (unpaired) electrons. The molecule has 0 aromatic heterocycles. The van der Waals surface area contributed by atoms with Crippen molar-refractivity contribution < 1.29 is 8.42 Å². The number of rotatable bonds is 9. The molecule has 0 spiro atoms. The van der Waals surface area contributed by atoms with Crippen molar-refractivity contribution in [3.8, 4) is 0 Å². The number of nitrogens with one attached hydrogen (secondary N) is 2. The van der Waals surface area contributed by atoms with Gasteiger partial charge < -0.3 is 10.6 Å². The van der Waals surface area contributed by atoms with Crippen LogP contribution in [0.25, 0.3) is 0 Å². The van der Waals surface area contributed by atoms with Crippen LogP contribution < -0.4 is 10.6 Å². The normalized spacial score (nSPS) is 13.2. The summed E-state index contributed by atoms with van der Waals surface area (Å²) >= 11 is 1.74. The number of aliphatic imine (C=N–C) groups is 1. The zero-order chi connectivity index (χ0) is 20.4. The topological polar surface area (TPSA) is 70.6 Å². The van der Waals surface area contributed by atoms with Gasteiger partial charge in [0.2, 0.25) is 0 Å². The average Bonchev–Trinajstić information content (AvgIpc) is 2.66. The van der Waals surface area contributed by atoms with Crippen molar-refractivity contribution in [3.05, 3.63) is 60.2 Å². The fourth-order valence-electron chi connectivity index (χ4n) is 2.47. The molecule has 0 aliphatic carbocycles. The van der Waals surface area contributed by atoms with Gasteiger partial charge in [-0.1, -0.05) is 42.1 Å². The molecule has 1 unspecified atom stereocenters. The van der Waals surface area contributed by atoms with Gasteiger partial charge in [-0.15, -0.1) is 0 Å². The zero-order valence-electron chi connectivity index (χ0n) is 16.7. The van der Waals surface area contributed by atoms with Crippen LogP contribution in [-0.4, -0.2) is 39.0 Å². The molecule has 0 aliphatic heterocycles. The molecule has 2 rings (SSSR count). The van der Waals surface area contributed by atoms with E-state index in [-0.39, 0.29) is 11.8 Å². The minimum atomic E-state index is -2.95. The van der Waals surface area contributed by atoms with Crippen molar-refractivity contribution in [2.24, 2.45) is 4.99 Å². The summed E-state index contributed by atoms with van der Waals surface area (Å²) in [5, 5.41) is 6.49. The molecule has 1 atom stereocenters. The van der Waals surface area contributed by atoms with E-state index in [1.165, 1.54) is 16.0 Å².